The SMILES string of the molecule is CCc1cc(CNC(C)C)n(CC)n1. The molecule has 1 aromatic rings. The Kier molecular flexibility index (Phi) is 4.14. The summed E-state index contributed by atoms with van der Waals surface area (Å²) < 4.78 is 2.08. The van der Waals surface area contributed by atoms with E-state index in [1.54, 1.807) is 0 Å². The van der Waals surface area contributed by atoms with Crippen LogP contribution in [0.4, 0.5) is 0 Å². The number of hydrogen-bond donors (Lipinski definition) is 1. The first-order valence-electron chi connectivity index (χ1n) is 5.46. The van der Waals surface area contributed by atoms with Crippen LogP contribution in [0.3, 0.4) is 0 Å². The van der Waals surface area contributed by atoms with Crippen molar-refractivity contribution in [2.75, 3.05) is 0 Å². The van der Waals surface area contributed by atoms with E-state index in [2.05, 4.69) is 48.9 Å². The van der Waals surface area contributed by atoms with Gasteiger partial charge in [0.15, 0.2) is 0 Å². The smallest absolute Gasteiger partial charge is 0.0625 e. The first-order valence-corrected chi connectivity index (χ1v) is 5.46. The number of aromatic nitrogens is 2. The van der Waals surface area contributed by atoms with Gasteiger partial charge in [0.05, 0.1) is 11.4 Å². The fourth-order valence-electron chi connectivity index (χ4n) is 1.41. The molecule has 0 unspecified atom stereocenters. The lowest BCUT2D eigenvalue weighted by Crippen LogP contribution is -2.23. The molecule has 80 valence electrons. The standard InChI is InChI=1S/C11H21N3/c1-5-10-7-11(8-12-9(3)4)14(6-2)13-10/h7,9,12H,5-6,8H2,1-4H3. The third kappa shape index (κ3) is 2.84. The number of nitrogens with zero attached hydrogens (tertiary/aromatic N) is 2. The zero-order valence-corrected chi connectivity index (χ0v) is 9.67. The zero-order chi connectivity index (χ0) is 10.6. The van der Waals surface area contributed by atoms with Crippen molar-refractivity contribution in [1.29, 1.82) is 0 Å². The van der Waals surface area contributed by atoms with Crippen molar-refractivity contribution in [3.63, 3.8) is 0 Å². The second kappa shape index (κ2) is 5.15. The van der Waals surface area contributed by atoms with Crippen LogP contribution in [-0.4, -0.2) is 15.8 Å². The van der Waals surface area contributed by atoms with E-state index in [4.69, 9.17) is 0 Å². The third-order valence-corrected chi connectivity index (χ3v) is 2.27. The highest BCUT2D eigenvalue weighted by Crippen LogP contribution is 2.05. The molecule has 3 heteroatoms. The first kappa shape index (κ1) is 11.2. The summed E-state index contributed by atoms with van der Waals surface area (Å²) in [6, 6.07) is 2.72. The Labute approximate surface area is 86.5 Å². The van der Waals surface area contributed by atoms with Gasteiger partial charge in [0.1, 0.15) is 0 Å². The van der Waals surface area contributed by atoms with E-state index in [1.807, 2.05) is 0 Å². The minimum Gasteiger partial charge on any atom is -0.309 e. The highest BCUT2D eigenvalue weighted by Gasteiger charge is 2.05. The van der Waals surface area contributed by atoms with Crippen LogP contribution in [0.2, 0.25) is 0 Å². The number of rotatable bonds is 5. The van der Waals surface area contributed by atoms with E-state index in [0.717, 1.165) is 19.5 Å². The van der Waals surface area contributed by atoms with Gasteiger partial charge < -0.3 is 5.32 Å². The van der Waals surface area contributed by atoms with Crippen molar-refractivity contribution in [3.05, 3.63) is 17.5 Å². The van der Waals surface area contributed by atoms with Gasteiger partial charge in [-0.25, -0.2) is 0 Å². The van der Waals surface area contributed by atoms with Crippen molar-refractivity contribution < 1.29 is 0 Å². The van der Waals surface area contributed by atoms with Crippen LogP contribution in [0.15, 0.2) is 6.07 Å². The van der Waals surface area contributed by atoms with Gasteiger partial charge in [-0.15, -0.1) is 0 Å². The van der Waals surface area contributed by atoms with Crippen molar-refractivity contribution in [3.8, 4) is 0 Å². The maximum Gasteiger partial charge on any atom is 0.0625 e. The van der Waals surface area contributed by atoms with Gasteiger partial charge >= 0.3 is 0 Å². The summed E-state index contributed by atoms with van der Waals surface area (Å²) in [4.78, 5) is 0. The van der Waals surface area contributed by atoms with Crippen molar-refractivity contribution in [2.45, 2.75) is 53.2 Å². The topological polar surface area (TPSA) is 29.9 Å². The molecule has 3 nitrogen and oxygen atoms in total. The van der Waals surface area contributed by atoms with Gasteiger partial charge in [0.25, 0.3) is 0 Å². The fourth-order valence-corrected chi connectivity index (χ4v) is 1.41. The van der Waals surface area contributed by atoms with E-state index in [9.17, 15) is 0 Å². The molecule has 0 radical (unpaired) electrons. The second-order valence-electron chi connectivity index (χ2n) is 3.83. The molecule has 0 amide bonds. The Bertz CT molecular complexity index is 276. The fraction of sp³-hybridized carbons (Fsp3) is 0.727. The molecule has 0 aliphatic rings. The molecule has 0 atom stereocenters. The van der Waals surface area contributed by atoms with Gasteiger partial charge in [0, 0.05) is 19.1 Å². The highest BCUT2D eigenvalue weighted by atomic mass is 15.3. The maximum atomic E-state index is 4.50. The Morgan fingerprint density at radius 3 is 2.64 bits per heavy atom. The van der Waals surface area contributed by atoms with Gasteiger partial charge in [-0.05, 0) is 19.4 Å². The average Bonchev–Trinajstić information content (AvgIpc) is 2.57. The molecule has 1 heterocycles. The maximum absolute atomic E-state index is 4.50. The average molecular weight is 195 g/mol. The summed E-state index contributed by atoms with van der Waals surface area (Å²) in [5.41, 5.74) is 2.48. The summed E-state index contributed by atoms with van der Waals surface area (Å²) in [5.74, 6) is 0. The number of aryl methyl sites for hydroxylation is 2. The monoisotopic (exact) mass is 195 g/mol. The van der Waals surface area contributed by atoms with Crippen LogP contribution >= 0.6 is 0 Å². The molecule has 0 saturated heterocycles. The molecule has 0 aliphatic carbocycles. The van der Waals surface area contributed by atoms with Gasteiger partial charge in [-0.2, -0.15) is 5.10 Å². The highest BCUT2D eigenvalue weighted by molar-refractivity contribution is 5.10. The van der Waals surface area contributed by atoms with E-state index in [-0.39, 0.29) is 0 Å². The van der Waals surface area contributed by atoms with Crippen LogP contribution in [0.1, 0.15) is 39.1 Å². The third-order valence-electron chi connectivity index (χ3n) is 2.27. The molecule has 14 heavy (non-hydrogen) atoms. The van der Waals surface area contributed by atoms with Crippen molar-refractivity contribution >= 4 is 0 Å². The van der Waals surface area contributed by atoms with Gasteiger partial charge in [-0.3, -0.25) is 4.68 Å². The largest absolute Gasteiger partial charge is 0.309 e. The first-order chi connectivity index (χ1) is 6.67. The van der Waals surface area contributed by atoms with Crippen LogP contribution in [0.5, 0.6) is 0 Å². The molecule has 1 rings (SSSR count). The Balaban J connectivity index is 2.68. The molecule has 1 aromatic heterocycles. The van der Waals surface area contributed by atoms with E-state index < -0.39 is 0 Å². The molecular weight excluding hydrogens is 174 g/mol. The van der Waals surface area contributed by atoms with E-state index in [1.165, 1.54) is 11.4 Å². The lowest BCUT2D eigenvalue weighted by Gasteiger charge is -2.08. The molecule has 0 spiro atoms. The van der Waals surface area contributed by atoms with Crippen LogP contribution < -0.4 is 5.32 Å². The predicted molar refractivity (Wildman–Crippen MR) is 59.3 cm³/mol. The summed E-state index contributed by atoms with van der Waals surface area (Å²) in [7, 11) is 0. The summed E-state index contributed by atoms with van der Waals surface area (Å²) in [5, 5.41) is 7.91. The van der Waals surface area contributed by atoms with Crippen LogP contribution in [-0.2, 0) is 19.5 Å². The van der Waals surface area contributed by atoms with Crippen LogP contribution in [0.25, 0.3) is 0 Å². The number of hydrogen-bond acceptors (Lipinski definition) is 2. The Morgan fingerprint density at radius 1 is 1.43 bits per heavy atom. The predicted octanol–water partition coefficient (Wildman–Crippen LogP) is 1.96. The van der Waals surface area contributed by atoms with E-state index >= 15 is 0 Å². The molecule has 0 aliphatic heterocycles. The molecule has 0 aromatic carbocycles. The van der Waals surface area contributed by atoms with E-state index in [0.29, 0.717) is 6.04 Å². The van der Waals surface area contributed by atoms with Gasteiger partial charge in [-0.1, -0.05) is 20.8 Å². The number of nitrogens with one attached hydrogen (secondary N) is 1. The molecule has 1 N–H and O–H groups in total. The summed E-state index contributed by atoms with van der Waals surface area (Å²) in [6.07, 6.45) is 1.02. The normalized spacial score (nSPS) is 11.2. The Morgan fingerprint density at radius 2 is 2.14 bits per heavy atom. The van der Waals surface area contributed by atoms with Crippen LogP contribution in [0, 0.1) is 0 Å². The lowest BCUT2D eigenvalue weighted by atomic mass is 10.3. The summed E-state index contributed by atoms with van der Waals surface area (Å²) >= 11 is 0. The van der Waals surface area contributed by atoms with Crippen molar-refractivity contribution in [1.82, 2.24) is 15.1 Å². The lowest BCUT2D eigenvalue weighted by molar-refractivity contribution is 0.539. The minimum absolute atomic E-state index is 0.528. The summed E-state index contributed by atoms with van der Waals surface area (Å²) in [6.45, 7) is 10.5. The minimum atomic E-state index is 0.528. The quantitative estimate of drug-likeness (QED) is 0.778. The molecule has 0 bridgehead atoms. The molecule has 0 fully saturated rings. The molecular formula is C11H21N3. The van der Waals surface area contributed by atoms with Gasteiger partial charge in [0.2, 0.25) is 0 Å². The second-order valence-corrected chi connectivity index (χ2v) is 3.83. The zero-order valence-electron chi connectivity index (χ0n) is 9.67. The molecule has 0 saturated carbocycles. The van der Waals surface area contributed by atoms with Crippen molar-refractivity contribution in [2.24, 2.45) is 0 Å². The Hall–Kier alpha value is -0.830.